The summed E-state index contributed by atoms with van der Waals surface area (Å²) in [5, 5.41) is 14.4. The molecule has 1 aliphatic rings. The molecule has 2 aromatic heterocycles. The Hall–Kier alpha value is -2.75. The normalized spacial score (nSPS) is 16.2. The number of nitrogens with zero attached hydrogens (tertiary/aromatic N) is 4. The van der Waals surface area contributed by atoms with E-state index in [-0.39, 0.29) is 28.8 Å². The van der Waals surface area contributed by atoms with E-state index < -0.39 is 5.92 Å². The lowest BCUT2D eigenvalue weighted by molar-refractivity contribution is -0.127. The summed E-state index contributed by atoms with van der Waals surface area (Å²) in [5.74, 6) is -3.66. The molecule has 0 aliphatic carbocycles. The number of hydrogen-bond acceptors (Lipinski definition) is 5. The highest BCUT2D eigenvalue weighted by molar-refractivity contribution is 7.16. The maximum absolute atomic E-state index is 14.6. The van der Waals surface area contributed by atoms with Gasteiger partial charge < -0.3 is 14.9 Å². The fraction of sp³-hybridized carbons (Fsp3) is 0.385. The summed E-state index contributed by atoms with van der Waals surface area (Å²) >= 11 is 7.79. The molecule has 0 radical (unpaired) electrons. The zero-order valence-electron chi connectivity index (χ0n) is 20.6. The first-order chi connectivity index (χ1) is 17.0. The van der Waals surface area contributed by atoms with Crippen molar-refractivity contribution in [1.29, 1.82) is 0 Å². The molecule has 4 rings (SSSR count). The van der Waals surface area contributed by atoms with E-state index in [1.807, 2.05) is 38.1 Å². The number of phenols is 1. The van der Waals surface area contributed by atoms with Gasteiger partial charge in [0.25, 0.3) is 5.92 Å². The molecule has 0 saturated carbocycles. The summed E-state index contributed by atoms with van der Waals surface area (Å²) in [6.07, 6.45) is 4.97. The smallest absolute Gasteiger partial charge is 0.289 e. The summed E-state index contributed by atoms with van der Waals surface area (Å²) in [6, 6.07) is 6.66. The highest BCUT2D eigenvalue weighted by Crippen LogP contribution is 2.45. The van der Waals surface area contributed by atoms with E-state index >= 15 is 0 Å². The van der Waals surface area contributed by atoms with Gasteiger partial charge in [-0.3, -0.25) is 9.48 Å². The first-order valence-corrected chi connectivity index (χ1v) is 12.8. The number of carbonyl (C=O) groups excluding carboxylic acids is 1. The first kappa shape index (κ1) is 26.3. The highest BCUT2D eigenvalue weighted by Gasteiger charge is 2.36. The molecular weight excluding hydrogens is 506 g/mol. The van der Waals surface area contributed by atoms with Crippen molar-refractivity contribution in [3.8, 4) is 16.9 Å². The van der Waals surface area contributed by atoms with Crippen LogP contribution in [0, 0.1) is 0 Å². The average Bonchev–Trinajstić information content (AvgIpc) is 3.41. The standard InChI is InChI=1S/C26H29ClF2N4O2S/c1-5-33-14-21(25(30-33)26(2,28)29)18-11-16(34)8-9-17(18)20-13-32(24(35)7-6-10-31(3)4)15-22-19(20)12-23(27)36-22/h6-9,11-12,14,20,34H,5,10,13,15H2,1-4H3/b7-6+. The van der Waals surface area contributed by atoms with Gasteiger partial charge in [0.05, 0.1) is 10.9 Å². The molecule has 0 spiro atoms. The van der Waals surface area contributed by atoms with Crippen LogP contribution in [0.2, 0.25) is 4.34 Å². The number of aromatic hydroxyl groups is 1. The molecule has 6 nitrogen and oxygen atoms in total. The van der Waals surface area contributed by atoms with Crippen molar-refractivity contribution in [3.63, 3.8) is 0 Å². The van der Waals surface area contributed by atoms with Crippen LogP contribution in [0.4, 0.5) is 8.78 Å². The minimum atomic E-state index is -3.18. The molecule has 0 fully saturated rings. The van der Waals surface area contributed by atoms with Gasteiger partial charge >= 0.3 is 0 Å². The quantitative estimate of drug-likeness (QED) is 0.395. The van der Waals surface area contributed by atoms with E-state index in [9.17, 15) is 18.7 Å². The number of hydrogen-bond donors (Lipinski definition) is 1. The van der Waals surface area contributed by atoms with Crippen molar-refractivity contribution in [2.75, 3.05) is 27.2 Å². The van der Waals surface area contributed by atoms with Gasteiger partial charge in [0.2, 0.25) is 5.91 Å². The first-order valence-electron chi connectivity index (χ1n) is 11.6. The fourth-order valence-corrected chi connectivity index (χ4v) is 5.83. The Morgan fingerprint density at radius 1 is 1.31 bits per heavy atom. The molecule has 1 aromatic carbocycles. The number of thiophene rings is 1. The number of phenolic OH excluding ortho intramolecular Hbond substituents is 1. The Balaban J connectivity index is 1.82. The van der Waals surface area contributed by atoms with E-state index in [0.717, 1.165) is 22.9 Å². The maximum Gasteiger partial charge on any atom is 0.289 e. The van der Waals surface area contributed by atoms with Gasteiger partial charge in [-0.25, -0.2) is 0 Å². The topological polar surface area (TPSA) is 61.6 Å². The number of aromatic nitrogens is 2. The molecule has 1 N–H and O–H groups in total. The lowest BCUT2D eigenvalue weighted by atomic mass is 9.83. The van der Waals surface area contributed by atoms with Gasteiger partial charge in [0.15, 0.2) is 0 Å². The largest absolute Gasteiger partial charge is 0.508 e. The Kier molecular flexibility index (Phi) is 7.54. The van der Waals surface area contributed by atoms with E-state index in [1.165, 1.54) is 28.2 Å². The molecule has 36 heavy (non-hydrogen) atoms. The number of rotatable bonds is 7. The molecule has 1 aliphatic heterocycles. The van der Waals surface area contributed by atoms with Crippen molar-refractivity contribution in [1.82, 2.24) is 19.6 Å². The van der Waals surface area contributed by atoms with Gasteiger partial charge in [-0.1, -0.05) is 23.7 Å². The summed E-state index contributed by atoms with van der Waals surface area (Å²) in [4.78, 5) is 17.7. The number of carbonyl (C=O) groups is 1. The summed E-state index contributed by atoms with van der Waals surface area (Å²) in [5.41, 5.74) is 2.05. The summed E-state index contributed by atoms with van der Waals surface area (Å²) in [7, 11) is 3.85. The number of amides is 1. The third-order valence-corrected chi connectivity index (χ3v) is 7.44. The predicted molar refractivity (Wildman–Crippen MR) is 139 cm³/mol. The van der Waals surface area contributed by atoms with Crippen molar-refractivity contribution in [2.24, 2.45) is 0 Å². The molecule has 10 heteroatoms. The van der Waals surface area contributed by atoms with Gasteiger partial charge in [0.1, 0.15) is 11.4 Å². The van der Waals surface area contributed by atoms with Crippen LogP contribution in [0.1, 0.15) is 41.5 Å². The number of benzene rings is 1. The average molecular weight is 535 g/mol. The second-order valence-electron chi connectivity index (χ2n) is 9.27. The summed E-state index contributed by atoms with van der Waals surface area (Å²) < 4.78 is 31.3. The SMILES string of the molecule is CCn1cc(-c2cc(O)ccc2C2CN(C(=O)/C=C/CN(C)C)Cc3sc(Cl)cc32)c(C(C)(F)F)n1. The minimum Gasteiger partial charge on any atom is -0.508 e. The van der Waals surface area contributed by atoms with Crippen LogP contribution in [0.3, 0.4) is 0 Å². The minimum absolute atomic E-state index is 0.0395. The van der Waals surface area contributed by atoms with Gasteiger partial charge in [-0.05, 0) is 55.9 Å². The van der Waals surface area contributed by atoms with E-state index in [2.05, 4.69) is 5.10 Å². The van der Waals surface area contributed by atoms with Crippen LogP contribution < -0.4 is 0 Å². The molecule has 3 heterocycles. The zero-order chi connectivity index (χ0) is 26.2. The van der Waals surface area contributed by atoms with Crippen molar-refractivity contribution >= 4 is 28.8 Å². The van der Waals surface area contributed by atoms with E-state index in [4.69, 9.17) is 11.6 Å². The second kappa shape index (κ2) is 10.3. The van der Waals surface area contributed by atoms with Gasteiger partial charge in [0, 0.05) is 55.2 Å². The van der Waals surface area contributed by atoms with Crippen LogP contribution in [0.15, 0.2) is 42.6 Å². The molecule has 0 saturated heterocycles. The molecule has 1 atom stereocenters. The van der Waals surface area contributed by atoms with E-state index in [0.29, 0.717) is 36.1 Å². The second-order valence-corrected chi connectivity index (χ2v) is 11.0. The summed E-state index contributed by atoms with van der Waals surface area (Å²) in [6.45, 7) is 4.48. The van der Waals surface area contributed by atoms with Crippen molar-refractivity contribution < 1.29 is 18.7 Å². The molecule has 3 aromatic rings. The third kappa shape index (κ3) is 5.48. The van der Waals surface area contributed by atoms with Crippen LogP contribution in [-0.4, -0.2) is 57.8 Å². The molecule has 192 valence electrons. The monoisotopic (exact) mass is 534 g/mol. The van der Waals surface area contributed by atoms with Crippen molar-refractivity contribution in [2.45, 2.75) is 38.8 Å². The Morgan fingerprint density at radius 3 is 2.72 bits per heavy atom. The van der Waals surface area contributed by atoms with Crippen molar-refractivity contribution in [3.05, 3.63) is 68.6 Å². The molecular formula is C26H29ClF2N4O2S. The molecule has 0 bridgehead atoms. The predicted octanol–water partition coefficient (Wildman–Crippen LogP) is 5.69. The Bertz CT molecular complexity index is 1300. The number of aryl methyl sites for hydroxylation is 1. The highest BCUT2D eigenvalue weighted by atomic mass is 35.5. The lowest BCUT2D eigenvalue weighted by Gasteiger charge is -2.33. The maximum atomic E-state index is 14.6. The van der Waals surface area contributed by atoms with Crippen LogP contribution in [0.5, 0.6) is 5.75 Å². The lowest BCUT2D eigenvalue weighted by Crippen LogP contribution is -2.37. The Morgan fingerprint density at radius 2 is 2.06 bits per heavy atom. The van der Waals surface area contributed by atoms with Crippen LogP contribution >= 0.6 is 22.9 Å². The van der Waals surface area contributed by atoms with E-state index in [1.54, 1.807) is 23.2 Å². The third-order valence-electron chi connectivity index (χ3n) is 6.17. The van der Waals surface area contributed by atoms with Gasteiger partial charge in [-0.15, -0.1) is 11.3 Å². The zero-order valence-corrected chi connectivity index (χ0v) is 22.2. The Labute approximate surface area is 218 Å². The number of fused-ring (bicyclic) bond motifs is 1. The van der Waals surface area contributed by atoms with Crippen LogP contribution in [0.25, 0.3) is 11.1 Å². The van der Waals surface area contributed by atoms with Gasteiger partial charge in [-0.2, -0.15) is 13.9 Å². The molecule has 1 amide bonds. The molecule has 1 unspecified atom stereocenters. The number of alkyl halides is 2. The number of likely N-dealkylation sites (N-methyl/N-ethyl adjacent to an activating group) is 1. The number of halogens is 3. The van der Waals surface area contributed by atoms with Crippen LogP contribution in [-0.2, 0) is 23.8 Å². The fourth-order valence-electron chi connectivity index (χ4n) is 4.47.